The van der Waals surface area contributed by atoms with Gasteiger partial charge in [0.1, 0.15) is 11.5 Å². The van der Waals surface area contributed by atoms with Crippen LogP contribution >= 0.6 is 11.6 Å². The highest BCUT2D eigenvalue weighted by atomic mass is 35.5. The molecule has 18 heavy (non-hydrogen) atoms. The first-order valence-corrected chi connectivity index (χ1v) is 6.20. The lowest BCUT2D eigenvalue weighted by atomic mass is 10.1. The Balaban J connectivity index is 1.80. The summed E-state index contributed by atoms with van der Waals surface area (Å²) in [4.78, 5) is 14.6. The van der Waals surface area contributed by atoms with Gasteiger partial charge in [0.25, 0.3) is 5.91 Å². The molecule has 0 fully saturated rings. The van der Waals surface area contributed by atoms with Crippen molar-refractivity contribution < 1.29 is 9.21 Å². The minimum absolute atomic E-state index is 0.0738. The van der Waals surface area contributed by atoms with E-state index in [0.717, 1.165) is 18.6 Å². The number of rotatable bonds is 5. The molecule has 2 rings (SSSR count). The fourth-order valence-corrected chi connectivity index (χ4v) is 1.85. The molecule has 4 nitrogen and oxygen atoms in total. The number of aromatic nitrogens is 1. The monoisotopic (exact) mass is 266 g/mol. The SMILES string of the molecule is CC(CCc1ccco1)NC(=O)c1cc(Cl)c[nH]1. The van der Waals surface area contributed by atoms with Crippen molar-refractivity contribution in [1.29, 1.82) is 0 Å². The maximum absolute atomic E-state index is 11.8. The van der Waals surface area contributed by atoms with Gasteiger partial charge in [0.05, 0.1) is 11.3 Å². The van der Waals surface area contributed by atoms with E-state index in [4.69, 9.17) is 16.0 Å². The zero-order valence-corrected chi connectivity index (χ0v) is 10.8. The van der Waals surface area contributed by atoms with Gasteiger partial charge in [-0.05, 0) is 31.5 Å². The first-order chi connectivity index (χ1) is 8.65. The third kappa shape index (κ3) is 3.40. The summed E-state index contributed by atoms with van der Waals surface area (Å²) < 4.78 is 5.24. The maximum atomic E-state index is 11.8. The number of furan rings is 1. The Morgan fingerprint density at radius 1 is 1.61 bits per heavy atom. The fraction of sp³-hybridized carbons (Fsp3) is 0.308. The fourth-order valence-electron chi connectivity index (χ4n) is 1.69. The van der Waals surface area contributed by atoms with Crippen LogP contribution in [-0.4, -0.2) is 16.9 Å². The van der Waals surface area contributed by atoms with Crippen LogP contribution in [0.1, 0.15) is 29.6 Å². The van der Waals surface area contributed by atoms with Gasteiger partial charge in [-0.2, -0.15) is 0 Å². The highest BCUT2D eigenvalue weighted by Crippen LogP contribution is 2.10. The molecule has 2 N–H and O–H groups in total. The Kier molecular flexibility index (Phi) is 4.10. The van der Waals surface area contributed by atoms with Gasteiger partial charge in [-0.15, -0.1) is 0 Å². The number of nitrogens with one attached hydrogen (secondary N) is 2. The van der Waals surface area contributed by atoms with Crippen LogP contribution in [0.15, 0.2) is 35.1 Å². The molecule has 0 saturated carbocycles. The van der Waals surface area contributed by atoms with E-state index in [-0.39, 0.29) is 11.9 Å². The van der Waals surface area contributed by atoms with E-state index in [2.05, 4.69) is 10.3 Å². The smallest absolute Gasteiger partial charge is 0.267 e. The van der Waals surface area contributed by atoms with Crippen LogP contribution in [0.5, 0.6) is 0 Å². The summed E-state index contributed by atoms with van der Waals surface area (Å²) >= 11 is 5.75. The van der Waals surface area contributed by atoms with Gasteiger partial charge in [0.15, 0.2) is 0 Å². The van der Waals surface area contributed by atoms with Crippen molar-refractivity contribution in [2.75, 3.05) is 0 Å². The molecule has 0 spiro atoms. The van der Waals surface area contributed by atoms with E-state index in [1.54, 1.807) is 18.5 Å². The molecule has 2 heterocycles. The zero-order chi connectivity index (χ0) is 13.0. The Morgan fingerprint density at radius 3 is 3.06 bits per heavy atom. The van der Waals surface area contributed by atoms with Crippen LogP contribution in [0, 0.1) is 0 Å². The van der Waals surface area contributed by atoms with Gasteiger partial charge in [0, 0.05) is 18.7 Å². The van der Waals surface area contributed by atoms with Crippen molar-refractivity contribution in [3.05, 3.63) is 47.1 Å². The van der Waals surface area contributed by atoms with Crippen molar-refractivity contribution in [2.24, 2.45) is 0 Å². The molecule has 2 aromatic heterocycles. The Labute approximate surface area is 110 Å². The quantitative estimate of drug-likeness (QED) is 0.874. The van der Waals surface area contributed by atoms with Crippen LogP contribution < -0.4 is 5.32 Å². The number of amides is 1. The average Bonchev–Trinajstić information content (AvgIpc) is 2.97. The Morgan fingerprint density at radius 2 is 2.44 bits per heavy atom. The molecule has 0 bridgehead atoms. The molecule has 0 aliphatic rings. The number of carbonyl (C=O) groups is 1. The standard InChI is InChI=1S/C13H15ClN2O2/c1-9(4-5-11-3-2-6-18-11)16-13(17)12-7-10(14)8-15-12/h2-3,6-9,15H,4-5H2,1H3,(H,16,17). The van der Waals surface area contributed by atoms with E-state index in [1.165, 1.54) is 0 Å². The van der Waals surface area contributed by atoms with Crippen LogP contribution in [0.2, 0.25) is 5.02 Å². The second-order valence-corrected chi connectivity index (χ2v) is 4.66. The Bertz CT molecular complexity index is 505. The minimum Gasteiger partial charge on any atom is -0.469 e. The van der Waals surface area contributed by atoms with Crippen molar-refractivity contribution in [1.82, 2.24) is 10.3 Å². The number of hydrogen-bond donors (Lipinski definition) is 2. The second-order valence-electron chi connectivity index (χ2n) is 4.22. The molecule has 0 radical (unpaired) electrons. The number of aromatic amines is 1. The summed E-state index contributed by atoms with van der Waals surface area (Å²) in [7, 11) is 0. The highest BCUT2D eigenvalue weighted by Gasteiger charge is 2.11. The van der Waals surface area contributed by atoms with Crippen molar-refractivity contribution >= 4 is 17.5 Å². The third-order valence-electron chi connectivity index (χ3n) is 2.67. The molecule has 0 aliphatic heterocycles. The van der Waals surface area contributed by atoms with E-state index < -0.39 is 0 Å². The molecule has 1 amide bonds. The predicted octanol–water partition coefficient (Wildman–Crippen LogP) is 3.01. The van der Waals surface area contributed by atoms with Crippen LogP contribution in [0.4, 0.5) is 0 Å². The number of H-pyrrole nitrogens is 1. The largest absolute Gasteiger partial charge is 0.469 e. The van der Waals surface area contributed by atoms with Crippen molar-refractivity contribution in [2.45, 2.75) is 25.8 Å². The van der Waals surface area contributed by atoms with E-state index >= 15 is 0 Å². The van der Waals surface area contributed by atoms with E-state index in [1.807, 2.05) is 19.1 Å². The zero-order valence-electron chi connectivity index (χ0n) is 10.1. The highest BCUT2D eigenvalue weighted by molar-refractivity contribution is 6.30. The number of hydrogen-bond acceptors (Lipinski definition) is 2. The van der Waals surface area contributed by atoms with E-state index in [0.29, 0.717) is 10.7 Å². The minimum atomic E-state index is -0.145. The lowest BCUT2D eigenvalue weighted by Gasteiger charge is -2.12. The molecular formula is C13H15ClN2O2. The summed E-state index contributed by atoms with van der Waals surface area (Å²) in [6, 6.07) is 5.47. The van der Waals surface area contributed by atoms with Gasteiger partial charge in [0.2, 0.25) is 0 Å². The van der Waals surface area contributed by atoms with Gasteiger partial charge >= 0.3 is 0 Å². The van der Waals surface area contributed by atoms with Crippen LogP contribution in [0.3, 0.4) is 0 Å². The molecule has 0 aliphatic carbocycles. The lowest BCUT2D eigenvalue weighted by Crippen LogP contribution is -2.33. The molecular weight excluding hydrogens is 252 g/mol. The van der Waals surface area contributed by atoms with Crippen LogP contribution in [0.25, 0.3) is 0 Å². The van der Waals surface area contributed by atoms with E-state index in [9.17, 15) is 4.79 Å². The second kappa shape index (κ2) is 5.78. The van der Waals surface area contributed by atoms with Crippen LogP contribution in [-0.2, 0) is 6.42 Å². The third-order valence-corrected chi connectivity index (χ3v) is 2.89. The predicted molar refractivity (Wildman–Crippen MR) is 69.8 cm³/mol. The average molecular weight is 267 g/mol. The molecule has 1 atom stereocenters. The normalized spacial score (nSPS) is 12.3. The summed E-state index contributed by atoms with van der Waals surface area (Å²) in [6.07, 6.45) is 4.87. The first-order valence-electron chi connectivity index (χ1n) is 5.82. The Hall–Kier alpha value is -1.68. The molecule has 0 saturated heterocycles. The number of aryl methyl sites for hydroxylation is 1. The van der Waals surface area contributed by atoms with Crippen molar-refractivity contribution in [3.63, 3.8) is 0 Å². The molecule has 2 aromatic rings. The van der Waals surface area contributed by atoms with Gasteiger partial charge in [-0.1, -0.05) is 11.6 Å². The maximum Gasteiger partial charge on any atom is 0.267 e. The number of halogens is 1. The summed E-state index contributed by atoms with van der Waals surface area (Å²) in [5, 5.41) is 3.43. The molecule has 1 unspecified atom stereocenters. The topological polar surface area (TPSA) is 58.0 Å². The molecule has 96 valence electrons. The van der Waals surface area contributed by atoms with Gasteiger partial charge in [-0.25, -0.2) is 0 Å². The summed E-state index contributed by atoms with van der Waals surface area (Å²) in [5.41, 5.74) is 0.477. The number of carbonyl (C=O) groups excluding carboxylic acids is 1. The van der Waals surface area contributed by atoms with Gasteiger partial charge < -0.3 is 14.7 Å². The summed E-state index contributed by atoms with van der Waals surface area (Å²) in [6.45, 7) is 1.96. The lowest BCUT2D eigenvalue weighted by molar-refractivity contribution is 0.0933. The van der Waals surface area contributed by atoms with Gasteiger partial charge in [-0.3, -0.25) is 4.79 Å². The molecule has 0 aromatic carbocycles. The molecule has 5 heteroatoms. The summed E-state index contributed by atoms with van der Waals surface area (Å²) in [5.74, 6) is 0.785. The van der Waals surface area contributed by atoms with Crippen molar-refractivity contribution in [3.8, 4) is 0 Å². The first kappa shape index (κ1) is 12.8.